The molecule has 0 bridgehead atoms. The lowest BCUT2D eigenvalue weighted by Gasteiger charge is -2.10. The molecule has 0 radical (unpaired) electrons. The van der Waals surface area contributed by atoms with Gasteiger partial charge in [0, 0.05) is 22.5 Å². The van der Waals surface area contributed by atoms with Crippen molar-refractivity contribution in [1.29, 1.82) is 0 Å². The molecule has 2 N–H and O–H groups in total. The van der Waals surface area contributed by atoms with Gasteiger partial charge in [-0.1, -0.05) is 23.7 Å². The molecular weight excluding hydrogens is 332 g/mol. The number of carbonyl (C=O) groups excluding carboxylic acids is 2. The van der Waals surface area contributed by atoms with Crippen LogP contribution in [-0.2, 0) is 9.59 Å². The molecule has 6 heteroatoms. The molecule has 0 aliphatic carbocycles. The lowest BCUT2D eigenvalue weighted by molar-refractivity contribution is -0.114. The molecule has 0 fully saturated rings. The summed E-state index contributed by atoms with van der Waals surface area (Å²) in [5.74, 6) is -0.00774. The molecule has 0 spiro atoms. The van der Waals surface area contributed by atoms with E-state index in [0.717, 1.165) is 10.5 Å². The lowest BCUT2D eigenvalue weighted by Crippen LogP contribution is -2.14. The average Bonchev–Trinajstić information content (AvgIpc) is 2.49. The fourth-order valence-corrected chi connectivity index (χ4v) is 2.87. The van der Waals surface area contributed by atoms with E-state index in [9.17, 15) is 9.59 Å². The second kappa shape index (κ2) is 8.04. The summed E-state index contributed by atoms with van der Waals surface area (Å²) in [6.45, 7) is 3.34. The summed E-state index contributed by atoms with van der Waals surface area (Å²) in [6, 6.07) is 12.7. The largest absolute Gasteiger partial charge is 0.325 e. The Kier molecular flexibility index (Phi) is 6.07. The number of hydrogen-bond acceptors (Lipinski definition) is 3. The van der Waals surface area contributed by atoms with Gasteiger partial charge in [-0.3, -0.25) is 9.59 Å². The van der Waals surface area contributed by atoms with Gasteiger partial charge >= 0.3 is 0 Å². The van der Waals surface area contributed by atoms with Gasteiger partial charge in [0.25, 0.3) is 0 Å². The van der Waals surface area contributed by atoms with Gasteiger partial charge in [0.05, 0.1) is 11.4 Å². The number of nitrogens with one attached hydrogen (secondary N) is 2. The second-order valence-electron chi connectivity index (χ2n) is 4.98. The third kappa shape index (κ3) is 5.30. The highest BCUT2D eigenvalue weighted by atomic mass is 35.5. The fraction of sp³-hybridized carbons (Fsp3) is 0.176. The van der Waals surface area contributed by atoms with Gasteiger partial charge in [-0.15, -0.1) is 11.8 Å². The molecular formula is C17H17ClN2O2S. The lowest BCUT2D eigenvalue weighted by atomic mass is 10.2. The first-order valence-corrected chi connectivity index (χ1v) is 8.37. The van der Waals surface area contributed by atoms with Gasteiger partial charge in [-0.05, 0) is 42.8 Å². The Labute approximate surface area is 144 Å². The number of carbonyl (C=O) groups is 2. The molecule has 0 atom stereocenters. The second-order valence-corrected chi connectivity index (χ2v) is 6.40. The van der Waals surface area contributed by atoms with Crippen molar-refractivity contribution in [2.45, 2.75) is 18.7 Å². The van der Waals surface area contributed by atoms with Gasteiger partial charge in [0.1, 0.15) is 0 Å². The van der Waals surface area contributed by atoms with E-state index in [-0.39, 0.29) is 17.6 Å². The van der Waals surface area contributed by atoms with Gasteiger partial charge < -0.3 is 10.6 Å². The van der Waals surface area contributed by atoms with E-state index >= 15 is 0 Å². The summed E-state index contributed by atoms with van der Waals surface area (Å²) < 4.78 is 0. The van der Waals surface area contributed by atoms with Crippen LogP contribution in [0.4, 0.5) is 11.4 Å². The Morgan fingerprint density at radius 1 is 1.13 bits per heavy atom. The first-order chi connectivity index (χ1) is 11.0. The van der Waals surface area contributed by atoms with E-state index in [1.54, 1.807) is 12.1 Å². The molecule has 23 heavy (non-hydrogen) atoms. The molecule has 2 rings (SSSR count). The first-order valence-electron chi connectivity index (χ1n) is 7.01. The highest BCUT2D eigenvalue weighted by molar-refractivity contribution is 8.00. The van der Waals surface area contributed by atoms with Crippen molar-refractivity contribution in [3.63, 3.8) is 0 Å². The zero-order chi connectivity index (χ0) is 16.8. The summed E-state index contributed by atoms with van der Waals surface area (Å²) in [5, 5.41) is 6.26. The number of halogens is 1. The summed E-state index contributed by atoms with van der Waals surface area (Å²) in [5.41, 5.74) is 2.33. The van der Waals surface area contributed by atoms with Crippen molar-refractivity contribution in [2.75, 3.05) is 16.4 Å². The maximum atomic E-state index is 12.1. The Hall–Kier alpha value is -1.98. The van der Waals surface area contributed by atoms with Crippen LogP contribution >= 0.6 is 23.4 Å². The molecule has 120 valence electrons. The van der Waals surface area contributed by atoms with E-state index in [4.69, 9.17) is 11.6 Å². The number of amides is 2. The van der Waals surface area contributed by atoms with Crippen LogP contribution in [0.5, 0.6) is 0 Å². The molecule has 0 saturated carbocycles. The highest BCUT2D eigenvalue weighted by Crippen LogP contribution is 2.27. The predicted octanol–water partition coefficient (Wildman–Crippen LogP) is 4.34. The zero-order valence-electron chi connectivity index (χ0n) is 12.9. The maximum Gasteiger partial charge on any atom is 0.234 e. The van der Waals surface area contributed by atoms with Crippen LogP contribution in [0.1, 0.15) is 12.5 Å². The minimum absolute atomic E-state index is 0.116. The highest BCUT2D eigenvalue weighted by Gasteiger charge is 2.08. The Balaban J connectivity index is 1.96. The van der Waals surface area contributed by atoms with Crippen molar-refractivity contribution in [1.82, 2.24) is 0 Å². The molecule has 2 amide bonds. The minimum Gasteiger partial charge on any atom is -0.325 e. The van der Waals surface area contributed by atoms with E-state index in [1.165, 1.54) is 18.7 Å². The molecule has 4 nitrogen and oxygen atoms in total. The van der Waals surface area contributed by atoms with E-state index in [0.29, 0.717) is 16.4 Å². The summed E-state index contributed by atoms with van der Waals surface area (Å²) >= 11 is 7.34. The van der Waals surface area contributed by atoms with Crippen LogP contribution in [0.3, 0.4) is 0 Å². The topological polar surface area (TPSA) is 58.2 Å². The summed E-state index contributed by atoms with van der Waals surface area (Å²) in [7, 11) is 0. The van der Waals surface area contributed by atoms with Crippen LogP contribution in [0.25, 0.3) is 0 Å². The van der Waals surface area contributed by atoms with Crippen LogP contribution in [0, 0.1) is 6.92 Å². The third-order valence-electron chi connectivity index (χ3n) is 3.00. The van der Waals surface area contributed by atoms with Crippen molar-refractivity contribution < 1.29 is 9.59 Å². The Morgan fingerprint density at radius 3 is 2.57 bits per heavy atom. The van der Waals surface area contributed by atoms with Gasteiger partial charge in [0.15, 0.2) is 0 Å². The number of hydrogen-bond donors (Lipinski definition) is 2. The van der Waals surface area contributed by atoms with Crippen molar-refractivity contribution in [3.8, 4) is 0 Å². The van der Waals surface area contributed by atoms with Gasteiger partial charge in [0.2, 0.25) is 11.8 Å². The average molecular weight is 349 g/mol. The number of rotatable bonds is 5. The maximum absolute atomic E-state index is 12.1. The predicted molar refractivity (Wildman–Crippen MR) is 96.3 cm³/mol. The molecule has 0 heterocycles. The quantitative estimate of drug-likeness (QED) is 0.790. The number of aryl methyl sites for hydroxylation is 1. The molecule has 0 aliphatic heterocycles. The molecule has 0 aliphatic rings. The van der Waals surface area contributed by atoms with Crippen molar-refractivity contribution in [3.05, 3.63) is 53.1 Å². The standard InChI is InChI=1S/C17H17ClN2O2S/c1-11-9-13(7-8-14(11)18)20-17(22)10-23-16-6-4-3-5-15(16)19-12(2)21/h3-9H,10H2,1-2H3,(H,19,21)(H,20,22). The molecule has 0 aromatic heterocycles. The van der Waals surface area contributed by atoms with Gasteiger partial charge in [-0.25, -0.2) is 0 Å². The SMILES string of the molecule is CC(=O)Nc1ccccc1SCC(=O)Nc1ccc(Cl)c(C)c1. The van der Waals surface area contributed by atoms with Crippen LogP contribution < -0.4 is 10.6 Å². The summed E-state index contributed by atoms with van der Waals surface area (Å²) in [6.07, 6.45) is 0. The van der Waals surface area contributed by atoms with E-state index in [2.05, 4.69) is 10.6 Å². The van der Waals surface area contributed by atoms with Crippen LogP contribution in [0.15, 0.2) is 47.4 Å². The zero-order valence-corrected chi connectivity index (χ0v) is 14.4. The normalized spacial score (nSPS) is 10.2. The molecule has 0 unspecified atom stereocenters. The van der Waals surface area contributed by atoms with E-state index in [1.807, 2.05) is 37.3 Å². The number of anilines is 2. The first kappa shape index (κ1) is 17.4. The molecule has 0 saturated heterocycles. The van der Waals surface area contributed by atoms with Crippen molar-refractivity contribution >= 4 is 46.6 Å². The smallest absolute Gasteiger partial charge is 0.234 e. The van der Waals surface area contributed by atoms with Crippen molar-refractivity contribution in [2.24, 2.45) is 0 Å². The van der Waals surface area contributed by atoms with Crippen LogP contribution in [-0.4, -0.2) is 17.6 Å². The Morgan fingerprint density at radius 2 is 1.87 bits per heavy atom. The number of para-hydroxylation sites is 1. The minimum atomic E-state index is -0.140. The number of thioether (sulfide) groups is 1. The molecule has 2 aromatic carbocycles. The number of benzene rings is 2. The summed E-state index contributed by atoms with van der Waals surface area (Å²) in [4.78, 5) is 24.1. The van der Waals surface area contributed by atoms with E-state index < -0.39 is 0 Å². The molecule has 2 aromatic rings. The fourth-order valence-electron chi connectivity index (χ4n) is 1.95. The monoisotopic (exact) mass is 348 g/mol. The van der Waals surface area contributed by atoms with Crippen LogP contribution in [0.2, 0.25) is 5.02 Å². The Bertz CT molecular complexity index is 734. The third-order valence-corrected chi connectivity index (χ3v) is 4.50. The van der Waals surface area contributed by atoms with Gasteiger partial charge in [-0.2, -0.15) is 0 Å².